The van der Waals surface area contributed by atoms with Gasteiger partial charge in [-0.25, -0.2) is 8.42 Å². The van der Waals surface area contributed by atoms with Crippen LogP contribution in [0, 0.1) is 6.92 Å². The summed E-state index contributed by atoms with van der Waals surface area (Å²) >= 11 is 0. The van der Waals surface area contributed by atoms with Crippen molar-refractivity contribution in [3.8, 4) is 0 Å². The van der Waals surface area contributed by atoms with Gasteiger partial charge in [-0.05, 0) is 31.2 Å². The van der Waals surface area contributed by atoms with Crippen molar-refractivity contribution in [2.45, 2.75) is 18.4 Å². The maximum absolute atomic E-state index is 11.5. The first-order valence-corrected chi connectivity index (χ1v) is 8.02. The van der Waals surface area contributed by atoms with E-state index >= 15 is 0 Å². The smallest absolute Gasteiger partial charge is 0.175 e. The number of nitrogen functional groups attached to an aromatic ring is 1. The number of benzene rings is 1. The zero-order valence-corrected chi connectivity index (χ0v) is 12.6. The molecule has 0 saturated carbocycles. The van der Waals surface area contributed by atoms with Gasteiger partial charge < -0.3 is 15.1 Å². The van der Waals surface area contributed by atoms with Gasteiger partial charge >= 0.3 is 0 Å². The Morgan fingerprint density at radius 3 is 2.50 bits per heavy atom. The normalized spacial score (nSPS) is 11.6. The maximum Gasteiger partial charge on any atom is 0.175 e. The lowest BCUT2D eigenvalue weighted by Gasteiger charge is -2.21. The van der Waals surface area contributed by atoms with E-state index < -0.39 is 9.84 Å². The topological polar surface area (TPSA) is 76.5 Å². The van der Waals surface area contributed by atoms with Gasteiger partial charge in [0.1, 0.15) is 5.76 Å². The fourth-order valence-corrected chi connectivity index (χ4v) is 2.68. The molecule has 0 aliphatic rings. The molecule has 20 heavy (non-hydrogen) atoms. The van der Waals surface area contributed by atoms with Gasteiger partial charge in [0.25, 0.3) is 0 Å². The minimum absolute atomic E-state index is 0.228. The van der Waals surface area contributed by atoms with Crippen LogP contribution in [0.3, 0.4) is 0 Å². The summed E-state index contributed by atoms with van der Waals surface area (Å²) in [6, 6.07) is 6.69. The molecule has 6 heteroatoms. The average Bonchev–Trinajstić information content (AvgIpc) is 2.73. The zero-order chi connectivity index (χ0) is 14.9. The van der Waals surface area contributed by atoms with Gasteiger partial charge in [0.2, 0.25) is 0 Å². The third-order valence-electron chi connectivity index (χ3n) is 3.21. The van der Waals surface area contributed by atoms with Crippen LogP contribution in [0.25, 0.3) is 0 Å². The van der Waals surface area contributed by atoms with E-state index in [-0.39, 0.29) is 4.90 Å². The molecule has 5 nitrogen and oxygen atoms in total. The van der Waals surface area contributed by atoms with Gasteiger partial charge in [0, 0.05) is 25.4 Å². The number of sulfone groups is 1. The minimum atomic E-state index is -3.24. The van der Waals surface area contributed by atoms with Gasteiger partial charge in [0.15, 0.2) is 9.84 Å². The van der Waals surface area contributed by atoms with Crippen molar-refractivity contribution in [1.29, 1.82) is 0 Å². The summed E-state index contributed by atoms with van der Waals surface area (Å²) < 4.78 is 28.2. The summed E-state index contributed by atoms with van der Waals surface area (Å²) in [5, 5.41) is 0. The maximum atomic E-state index is 11.5. The fraction of sp³-hybridized carbons (Fsp3) is 0.286. The Bertz CT molecular complexity index is 720. The molecular formula is C14H18N2O3S. The van der Waals surface area contributed by atoms with Crippen LogP contribution >= 0.6 is 0 Å². The predicted octanol–water partition coefficient (Wildman–Crippen LogP) is 2.21. The molecule has 0 bridgehead atoms. The minimum Gasteiger partial charge on any atom is -0.469 e. The number of nitrogens with two attached hydrogens (primary N) is 1. The highest BCUT2D eigenvalue weighted by molar-refractivity contribution is 7.90. The van der Waals surface area contributed by atoms with Crippen LogP contribution in [0.1, 0.15) is 11.3 Å². The summed E-state index contributed by atoms with van der Waals surface area (Å²) in [5.74, 6) is 0.864. The van der Waals surface area contributed by atoms with Crippen LogP contribution in [0.4, 0.5) is 11.4 Å². The monoisotopic (exact) mass is 294 g/mol. The van der Waals surface area contributed by atoms with E-state index in [0.29, 0.717) is 12.2 Å². The molecule has 1 heterocycles. The van der Waals surface area contributed by atoms with Crippen molar-refractivity contribution in [1.82, 2.24) is 0 Å². The highest BCUT2D eigenvalue weighted by atomic mass is 32.2. The van der Waals surface area contributed by atoms with E-state index in [0.717, 1.165) is 17.0 Å². The van der Waals surface area contributed by atoms with Crippen molar-refractivity contribution < 1.29 is 12.8 Å². The lowest BCUT2D eigenvalue weighted by Crippen LogP contribution is -2.18. The fourth-order valence-electron chi connectivity index (χ4n) is 2.03. The SMILES string of the molecule is Cc1occc1CN(C)c1ccc(S(C)(=O)=O)cc1N. The quantitative estimate of drug-likeness (QED) is 0.875. The van der Waals surface area contributed by atoms with Crippen LogP contribution in [-0.4, -0.2) is 21.7 Å². The highest BCUT2D eigenvalue weighted by Gasteiger charge is 2.13. The molecule has 0 unspecified atom stereocenters. The Morgan fingerprint density at radius 2 is 2.00 bits per heavy atom. The largest absolute Gasteiger partial charge is 0.469 e. The number of rotatable bonds is 4. The molecule has 2 aromatic rings. The lowest BCUT2D eigenvalue weighted by molar-refractivity contribution is 0.529. The number of hydrogen-bond acceptors (Lipinski definition) is 5. The molecule has 0 radical (unpaired) electrons. The van der Waals surface area contributed by atoms with Gasteiger partial charge in [-0.1, -0.05) is 0 Å². The third kappa shape index (κ3) is 2.96. The van der Waals surface area contributed by atoms with Crippen molar-refractivity contribution in [2.24, 2.45) is 0 Å². The molecule has 0 aliphatic carbocycles. The summed E-state index contributed by atoms with van der Waals surface area (Å²) in [7, 11) is -1.34. The van der Waals surface area contributed by atoms with Crippen molar-refractivity contribution >= 4 is 21.2 Å². The molecule has 0 spiro atoms. The Labute approximate surface area is 118 Å². The number of anilines is 2. The summed E-state index contributed by atoms with van der Waals surface area (Å²) in [6.45, 7) is 2.55. The van der Waals surface area contributed by atoms with Crippen LogP contribution < -0.4 is 10.6 Å². The second-order valence-electron chi connectivity index (χ2n) is 4.85. The first kappa shape index (κ1) is 14.5. The Morgan fingerprint density at radius 1 is 1.30 bits per heavy atom. The predicted molar refractivity (Wildman–Crippen MR) is 79.5 cm³/mol. The van der Waals surface area contributed by atoms with Crippen molar-refractivity contribution in [2.75, 3.05) is 23.9 Å². The number of nitrogens with zero attached hydrogens (tertiary/aromatic N) is 1. The number of furan rings is 1. The Kier molecular flexibility index (Phi) is 3.76. The van der Waals surface area contributed by atoms with Crippen LogP contribution in [0.5, 0.6) is 0 Å². The molecular weight excluding hydrogens is 276 g/mol. The van der Waals surface area contributed by atoms with Crippen LogP contribution in [0.2, 0.25) is 0 Å². The van der Waals surface area contributed by atoms with Gasteiger partial charge in [-0.15, -0.1) is 0 Å². The van der Waals surface area contributed by atoms with E-state index in [2.05, 4.69) is 0 Å². The average molecular weight is 294 g/mol. The Balaban J connectivity index is 2.27. The number of aryl methyl sites for hydroxylation is 1. The van der Waals surface area contributed by atoms with Crippen LogP contribution in [-0.2, 0) is 16.4 Å². The molecule has 0 aliphatic heterocycles. The molecule has 1 aromatic heterocycles. The van der Waals surface area contributed by atoms with Crippen molar-refractivity contribution in [3.05, 3.63) is 41.9 Å². The Hall–Kier alpha value is -1.95. The van der Waals surface area contributed by atoms with E-state index in [1.165, 1.54) is 12.3 Å². The van der Waals surface area contributed by atoms with E-state index in [1.807, 2.05) is 24.9 Å². The molecule has 108 valence electrons. The van der Waals surface area contributed by atoms with Gasteiger partial charge in [-0.2, -0.15) is 0 Å². The first-order chi connectivity index (χ1) is 9.29. The highest BCUT2D eigenvalue weighted by Crippen LogP contribution is 2.27. The first-order valence-electron chi connectivity index (χ1n) is 6.12. The second kappa shape index (κ2) is 5.20. The lowest BCUT2D eigenvalue weighted by atomic mass is 10.2. The van der Waals surface area contributed by atoms with Gasteiger partial charge in [-0.3, -0.25) is 0 Å². The zero-order valence-electron chi connectivity index (χ0n) is 11.8. The van der Waals surface area contributed by atoms with Crippen LogP contribution in [0.15, 0.2) is 39.8 Å². The van der Waals surface area contributed by atoms with E-state index in [1.54, 1.807) is 18.4 Å². The standard InChI is InChI=1S/C14H18N2O3S/c1-10-11(6-7-19-10)9-16(2)14-5-4-12(8-13(14)15)20(3,17)18/h4-8H,9,15H2,1-3H3. The molecule has 0 saturated heterocycles. The molecule has 0 amide bonds. The molecule has 2 N–H and O–H groups in total. The van der Waals surface area contributed by atoms with E-state index in [4.69, 9.17) is 10.2 Å². The summed E-state index contributed by atoms with van der Waals surface area (Å²) in [6.07, 6.45) is 2.81. The molecule has 0 fully saturated rings. The molecule has 0 atom stereocenters. The summed E-state index contributed by atoms with van der Waals surface area (Å²) in [4.78, 5) is 2.19. The van der Waals surface area contributed by atoms with Gasteiger partial charge in [0.05, 0.1) is 22.5 Å². The third-order valence-corrected chi connectivity index (χ3v) is 4.32. The summed E-state index contributed by atoms with van der Waals surface area (Å²) in [5.41, 5.74) is 8.26. The molecule has 2 rings (SSSR count). The number of hydrogen-bond donors (Lipinski definition) is 1. The van der Waals surface area contributed by atoms with E-state index in [9.17, 15) is 8.42 Å². The van der Waals surface area contributed by atoms with Crippen molar-refractivity contribution in [3.63, 3.8) is 0 Å². The second-order valence-corrected chi connectivity index (χ2v) is 6.87. The molecule has 1 aromatic carbocycles.